The van der Waals surface area contributed by atoms with Crippen molar-refractivity contribution in [2.75, 3.05) is 0 Å². The van der Waals surface area contributed by atoms with Gasteiger partial charge in [0.15, 0.2) is 0 Å². The van der Waals surface area contributed by atoms with E-state index in [1.165, 1.54) is 0 Å². The number of carbonyl (C=O) groups is 1. The third-order valence-corrected chi connectivity index (χ3v) is 3.31. The number of hydrogen-bond acceptors (Lipinski definition) is 2. The third-order valence-electron chi connectivity index (χ3n) is 3.31. The number of aliphatic carboxylic acids is 1. The molecule has 0 amide bonds. The van der Waals surface area contributed by atoms with Crippen molar-refractivity contribution >= 4 is 5.97 Å². The topological polar surface area (TPSA) is 70.2 Å². The monoisotopic (exact) mass is 191 g/mol. The lowest BCUT2D eigenvalue weighted by molar-refractivity contribution is -0.139. The van der Waals surface area contributed by atoms with Crippen LogP contribution in [0, 0.1) is 11.8 Å². The van der Waals surface area contributed by atoms with E-state index in [2.05, 4.69) is 4.98 Å². The number of aromatic nitrogens is 1. The van der Waals surface area contributed by atoms with Crippen LogP contribution in [0.3, 0.4) is 0 Å². The summed E-state index contributed by atoms with van der Waals surface area (Å²) >= 11 is 0. The number of carboxylic acids is 1. The fourth-order valence-electron chi connectivity index (χ4n) is 2.65. The molecule has 0 aromatic carbocycles. The molecule has 1 heterocycles. The average Bonchev–Trinajstić information content (AvgIpc) is 2.70. The molecule has 3 rings (SSSR count). The van der Waals surface area contributed by atoms with Crippen LogP contribution in [0.1, 0.15) is 17.0 Å². The highest BCUT2D eigenvalue weighted by Crippen LogP contribution is 2.60. The van der Waals surface area contributed by atoms with Crippen LogP contribution in [0.5, 0.6) is 0 Å². The number of fused-ring (bicyclic) bond motifs is 3. The highest BCUT2D eigenvalue weighted by molar-refractivity contribution is 5.77. The molecule has 0 bridgehead atoms. The van der Waals surface area contributed by atoms with Crippen molar-refractivity contribution in [3.8, 4) is 0 Å². The molecule has 72 valence electrons. The van der Waals surface area contributed by atoms with Crippen LogP contribution >= 0.6 is 0 Å². The van der Waals surface area contributed by atoms with Crippen LogP contribution in [0.25, 0.3) is 0 Å². The van der Waals surface area contributed by atoms with E-state index in [4.69, 9.17) is 5.11 Å². The first kappa shape index (κ1) is 7.79. The van der Waals surface area contributed by atoms with Crippen molar-refractivity contribution in [1.29, 1.82) is 0 Å². The molecule has 0 saturated heterocycles. The molecule has 2 aliphatic carbocycles. The number of aromatic amines is 1. The number of H-pyrrole nitrogens is 1. The summed E-state index contributed by atoms with van der Waals surface area (Å²) in [6.45, 7) is 0. The van der Waals surface area contributed by atoms with Crippen LogP contribution in [-0.4, -0.2) is 16.1 Å². The summed E-state index contributed by atoms with van der Waals surface area (Å²) < 4.78 is 0. The maximum absolute atomic E-state index is 11.0. The van der Waals surface area contributed by atoms with E-state index in [0.717, 1.165) is 17.5 Å². The van der Waals surface area contributed by atoms with Gasteiger partial charge < -0.3 is 10.1 Å². The quantitative estimate of drug-likeness (QED) is 0.672. The Labute approximate surface area is 79.6 Å². The summed E-state index contributed by atoms with van der Waals surface area (Å²) in [6.07, 6.45) is 2.42. The lowest BCUT2D eigenvalue weighted by Crippen LogP contribution is -2.10. The second kappa shape index (κ2) is 2.26. The SMILES string of the molecule is O=C(O)C1C2Cc3cc(=O)[nH]cc3C21. The fourth-order valence-corrected chi connectivity index (χ4v) is 2.65. The first-order valence-corrected chi connectivity index (χ1v) is 4.63. The van der Waals surface area contributed by atoms with Gasteiger partial charge in [0, 0.05) is 18.2 Å². The molecule has 4 heteroatoms. The number of rotatable bonds is 1. The summed E-state index contributed by atoms with van der Waals surface area (Å²) in [5.41, 5.74) is 1.96. The van der Waals surface area contributed by atoms with Crippen molar-refractivity contribution in [1.82, 2.24) is 4.98 Å². The van der Waals surface area contributed by atoms with E-state index in [1.807, 2.05) is 0 Å². The van der Waals surface area contributed by atoms with Gasteiger partial charge >= 0.3 is 5.97 Å². The van der Waals surface area contributed by atoms with Gasteiger partial charge in [0.1, 0.15) is 0 Å². The van der Waals surface area contributed by atoms with E-state index in [-0.39, 0.29) is 23.3 Å². The van der Waals surface area contributed by atoms with E-state index in [1.54, 1.807) is 12.3 Å². The molecule has 3 atom stereocenters. The van der Waals surface area contributed by atoms with Crippen LogP contribution in [0.4, 0.5) is 0 Å². The van der Waals surface area contributed by atoms with Crippen LogP contribution in [-0.2, 0) is 11.2 Å². The zero-order valence-electron chi connectivity index (χ0n) is 7.36. The van der Waals surface area contributed by atoms with Gasteiger partial charge in [-0.3, -0.25) is 9.59 Å². The van der Waals surface area contributed by atoms with Crippen molar-refractivity contribution < 1.29 is 9.90 Å². The van der Waals surface area contributed by atoms with Crippen LogP contribution < -0.4 is 5.56 Å². The van der Waals surface area contributed by atoms with Gasteiger partial charge in [0.05, 0.1) is 5.92 Å². The zero-order chi connectivity index (χ0) is 9.87. The molecule has 1 aromatic heterocycles. The Morgan fingerprint density at radius 3 is 3.07 bits per heavy atom. The summed E-state index contributed by atoms with van der Waals surface area (Å²) in [5.74, 6) is -0.540. The standard InChI is InChI=1S/C10H9NO3/c12-7-2-4-1-5-8(6(4)3-11-7)9(5)10(13)14/h2-3,5,8-9H,1H2,(H,11,12)(H,13,14). The van der Waals surface area contributed by atoms with Gasteiger partial charge in [-0.2, -0.15) is 0 Å². The van der Waals surface area contributed by atoms with Crippen molar-refractivity contribution in [3.63, 3.8) is 0 Å². The molecule has 0 radical (unpaired) electrons. The van der Waals surface area contributed by atoms with E-state index in [9.17, 15) is 9.59 Å². The molecule has 0 aliphatic heterocycles. The minimum atomic E-state index is -0.711. The van der Waals surface area contributed by atoms with Gasteiger partial charge in [-0.1, -0.05) is 0 Å². The molecule has 14 heavy (non-hydrogen) atoms. The minimum absolute atomic E-state index is 0.100. The Bertz CT molecular complexity index is 477. The number of nitrogens with one attached hydrogen (secondary N) is 1. The lowest BCUT2D eigenvalue weighted by Gasteiger charge is -2.02. The van der Waals surface area contributed by atoms with Crippen molar-refractivity contribution in [2.45, 2.75) is 12.3 Å². The first-order valence-electron chi connectivity index (χ1n) is 4.63. The van der Waals surface area contributed by atoms with Gasteiger partial charge in [-0.15, -0.1) is 0 Å². The predicted molar refractivity (Wildman–Crippen MR) is 48.1 cm³/mol. The lowest BCUT2D eigenvalue weighted by atomic mass is 10.1. The molecule has 4 nitrogen and oxygen atoms in total. The largest absolute Gasteiger partial charge is 0.481 e. The molecule has 2 N–H and O–H groups in total. The summed E-state index contributed by atoms with van der Waals surface area (Å²) in [7, 11) is 0. The van der Waals surface area contributed by atoms with Gasteiger partial charge in [-0.05, 0) is 23.5 Å². The maximum atomic E-state index is 11.0. The predicted octanol–water partition coefficient (Wildman–Crippen LogP) is 0.345. The Balaban J connectivity index is 2.03. The average molecular weight is 191 g/mol. The number of carboxylic acid groups (broad SMARTS) is 1. The molecule has 2 aliphatic rings. The molecular formula is C10H9NO3. The first-order chi connectivity index (χ1) is 6.68. The van der Waals surface area contributed by atoms with Crippen LogP contribution in [0.15, 0.2) is 17.1 Å². The molecule has 3 unspecified atom stereocenters. The molecule has 1 fully saturated rings. The third kappa shape index (κ3) is 0.828. The normalized spacial score (nSPS) is 32.1. The second-order valence-corrected chi connectivity index (χ2v) is 4.04. The second-order valence-electron chi connectivity index (χ2n) is 4.04. The Morgan fingerprint density at radius 2 is 2.36 bits per heavy atom. The Hall–Kier alpha value is -1.58. The molecule has 1 saturated carbocycles. The van der Waals surface area contributed by atoms with E-state index < -0.39 is 5.97 Å². The van der Waals surface area contributed by atoms with Gasteiger partial charge in [0.2, 0.25) is 5.56 Å². The van der Waals surface area contributed by atoms with Gasteiger partial charge in [0.25, 0.3) is 0 Å². The van der Waals surface area contributed by atoms with Gasteiger partial charge in [-0.25, -0.2) is 0 Å². The minimum Gasteiger partial charge on any atom is -0.481 e. The smallest absolute Gasteiger partial charge is 0.307 e. The molecule has 0 spiro atoms. The van der Waals surface area contributed by atoms with Crippen molar-refractivity contribution in [3.05, 3.63) is 33.7 Å². The molecule has 1 aromatic rings. The zero-order valence-corrected chi connectivity index (χ0v) is 7.36. The maximum Gasteiger partial charge on any atom is 0.307 e. The number of hydrogen-bond donors (Lipinski definition) is 2. The van der Waals surface area contributed by atoms with Crippen LogP contribution in [0.2, 0.25) is 0 Å². The van der Waals surface area contributed by atoms with Crippen molar-refractivity contribution in [2.24, 2.45) is 11.8 Å². The Morgan fingerprint density at radius 1 is 1.57 bits per heavy atom. The molecular weight excluding hydrogens is 182 g/mol. The Kier molecular flexibility index (Phi) is 1.26. The summed E-state index contributed by atoms with van der Waals surface area (Å²) in [5, 5.41) is 8.87. The highest BCUT2D eigenvalue weighted by Gasteiger charge is 2.59. The summed E-state index contributed by atoms with van der Waals surface area (Å²) in [4.78, 5) is 24.4. The van der Waals surface area contributed by atoms with E-state index in [0.29, 0.717) is 0 Å². The summed E-state index contributed by atoms with van der Waals surface area (Å²) in [6, 6.07) is 1.58. The number of pyridine rings is 1. The fraction of sp³-hybridized carbons (Fsp3) is 0.400. The van der Waals surface area contributed by atoms with E-state index >= 15 is 0 Å². The highest BCUT2D eigenvalue weighted by atomic mass is 16.4.